The number of ether oxygens (including phenoxy) is 2. The fourth-order valence-corrected chi connectivity index (χ4v) is 4.11. The van der Waals surface area contributed by atoms with Crippen molar-refractivity contribution >= 4 is 11.8 Å². The van der Waals surface area contributed by atoms with Gasteiger partial charge in [0, 0.05) is 48.3 Å². The number of dihydropyridines is 1. The van der Waals surface area contributed by atoms with E-state index in [-0.39, 0.29) is 17.8 Å². The van der Waals surface area contributed by atoms with Gasteiger partial charge in [0.15, 0.2) is 5.78 Å². The molecular weight excluding hydrogens is 368 g/mol. The average Bonchev–Trinajstić information content (AvgIpc) is 2.66. The molecule has 1 aliphatic carbocycles. The number of nitrogens with one attached hydrogen (secondary N) is 1. The maximum Gasteiger partial charge on any atom is 0.336 e. The third-order valence-corrected chi connectivity index (χ3v) is 5.31. The van der Waals surface area contributed by atoms with Crippen LogP contribution in [-0.2, 0) is 19.1 Å². The largest absolute Gasteiger partial charge is 0.460 e. The van der Waals surface area contributed by atoms with Crippen molar-refractivity contribution in [2.24, 2.45) is 5.41 Å². The number of rotatable bonds is 7. The second kappa shape index (κ2) is 8.91. The van der Waals surface area contributed by atoms with E-state index in [9.17, 15) is 9.59 Å². The Bertz CT molecular complexity index is 840. The highest BCUT2D eigenvalue weighted by Gasteiger charge is 2.43. The van der Waals surface area contributed by atoms with Gasteiger partial charge in [0.2, 0.25) is 0 Å². The molecule has 0 radical (unpaired) electrons. The van der Waals surface area contributed by atoms with Crippen LogP contribution in [-0.4, -0.2) is 36.6 Å². The minimum Gasteiger partial charge on any atom is -0.460 e. The fraction of sp³-hybridized carbons (Fsp3) is 0.522. The van der Waals surface area contributed by atoms with Crippen LogP contribution in [0.1, 0.15) is 58.4 Å². The molecule has 6 nitrogen and oxygen atoms in total. The Morgan fingerprint density at radius 1 is 1.21 bits per heavy atom. The summed E-state index contributed by atoms with van der Waals surface area (Å²) in [6.07, 6.45) is 5.51. The van der Waals surface area contributed by atoms with Crippen LogP contribution in [0, 0.1) is 5.41 Å². The Balaban J connectivity index is 1.93. The lowest BCUT2D eigenvalue weighted by molar-refractivity contribution is -0.141. The van der Waals surface area contributed by atoms with Crippen LogP contribution in [0.2, 0.25) is 0 Å². The lowest BCUT2D eigenvalue weighted by Crippen LogP contribution is -2.38. The number of esters is 1. The van der Waals surface area contributed by atoms with Gasteiger partial charge in [0.1, 0.15) is 6.61 Å². The molecule has 1 aliphatic heterocycles. The molecule has 1 aromatic rings. The van der Waals surface area contributed by atoms with Gasteiger partial charge >= 0.3 is 5.97 Å². The normalized spacial score (nSPS) is 21.0. The Kier molecular flexibility index (Phi) is 6.52. The van der Waals surface area contributed by atoms with Crippen molar-refractivity contribution in [1.82, 2.24) is 10.3 Å². The highest BCUT2D eigenvalue weighted by Crippen LogP contribution is 2.46. The van der Waals surface area contributed by atoms with Crippen LogP contribution >= 0.6 is 0 Å². The first-order valence-electron chi connectivity index (χ1n) is 10.2. The molecule has 2 aliphatic rings. The first-order valence-corrected chi connectivity index (χ1v) is 10.2. The number of carbonyl (C=O) groups excluding carboxylic acids is 2. The van der Waals surface area contributed by atoms with Crippen molar-refractivity contribution in [3.63, 3.8) is 0 Å². The summed E-state index contributed by atoms with van der Waals surface area (Å²) in [5, 5.41) is 3.34. The number of allylic oxidation sites excluding steroid dienone is 3. The Hall–Kier alpha value is -2.47. The van der Waals surface area contributed by atoms with E-state index in [0.717, 1.165) is 29.8 Å². The predicted octanol–water partition coefficient (Wildman–Crippen LogP) is 3.66. The lowest BCUT2D eigenvalue weighted by atomic mass is 9.69. The number of aromatic nitrogens is 1. The molecule has 2 heterocycles. The molecule has 1 unspecified atom stereocenters. The van der Waals surface area contributed by atoms with Crippen molar-refractivity contribution in [3.8, 4) is 0 Å². The summed E-state index contributed by atoms with van der Waals surface area (Å²) in [5.41, 5.74) is 3.56. The van der Waals surface area contributed by atoms with Crippen LogP contribution < -0.4 is 5.32 Å². The molecule has 0 aromatic carbocycles. The zero-order valence-electron chi connectivity index (χ0n) is 17.7. The zero-order chi connectivity index (χ0) is 21.0. The second-order valence-electron chi connectivity index (χ2n) is 8.46. The highest BCUT2D eigenvalue weighted by atomic mass is 16.6. The van der Waals surface area contributed by atoms with Crippen LogP contribution in [0.15, 0.2) is 47.1 Å². The van der Waals surface area contributed by atoms with Crippen LogP contribution in [0.3, 0.4) is 0 Å². The van der Waals surface area contributed by atoms with Gasteiger partial charge in [-0.2, -0.15) is 0 Å². The van der Waals surface area contributed by atoms with Crippen molar-refractivity contribution in [3.05, 3.63) is 52.6 Å². The van der Waals surface area contributed by atoms with Crippen molar-refractivity contribution in [2.75, 3.05) is 19.8 Å². The maximum atomic E-state index is 13.1. The number of nitrogens with zero attached hydrogens (tertiary/aromatic N) is 1. The third kappa shape index (κ3) is 4.75. The van der Waals surface area contributed by atoms with E-state index in [0.29, 0.717) is 30.8 Å². The van der Waals surface area contributed by atoms with Gasteiger partial charge in [-0.3, -0.25) is 9.78 Å². The van der Waals surface area contributed by atoms with E-state index in [1.165, 1.54) is 0 Å². The molecule has 3 rings (SSSR count). The number of hydrogen-bond donors (Lipinski definition) is 1. The first-order chi connectivity index (χ1) is 13.8. The summed E-state index contributed by atoms with van der Waals surface area (Å²) >= 11 is 0. The molecule has 0 amide bonds. The molecule has 29 heavy (non-hydrogen) atoms. The molecular formula is C23H30N2O4. The van der Waals surface area contributed by atoms with Gasteiger partial charge in [-0.15, -0.1) is 0 Å². The minimum absolute atomic E-state index is 0.0784. The van der Waals surface area contributed by atoms with Crippen LogP contribution in [0.5, 0.6) is 0 Å². The molecule has 0 bridgehead atoms. The maximum absolute atomic E-state index is 13.1. The van der Waals surface area contributed by atoms with Crippen molar-refractivity contribution in [2.45, 2.75) is 52.9 Å². The molecule has 0 saturated carbocycles. The predicted molar refractivity (Wildman–Crippen MR) is 110 cm³/mol. The topological polar surface area (TPSA) is 77.5 Å². The quantitative estimate of drug-likeness (QED) is 0.558. The van der Waals surface area contributed by atoms with E-state index in [1.807, 2.05) is 26.0 Å². The number of hydrogen-bond acceptors (Lipinski definition) is 6. The Morgan fingerprint density at radius 2 is 1.93 bits per heavy atom. The molecule has 0 saturated heterocycles. The number of carbonyl (C=O) groups is 2. The number of ketones is 1. The summed E-state index contributed by atoms with van der Waals surface area (Å²) in [5.74, 6) is -0.780. The minimum atomic E-state index is -0.443. The standard InChI is InChI=1S/C23H30N2O4/c1-5-10-28-11-12-29-22(27)19-15(2)25-17-13-23(3,4)14-18(26)21(17)20(19)16-6-8-24-9-7-16/h6-9,20,25H,5,10-14H2,1-4H3. The summed E-state index contributed by atoms with van der Waals surface area (Å²) in [7, 11) is 0. The van der Waals surface area contributed by atoms with Gasteiger partial charge in [-0.05, 0) is 42.9 Å². The van der Waals surface area contributed by atoms with Gasteiger partial charge in [0.25, 0.3) is 0 Å². The number of pyridine rings is 1. The fourth-order valence-electron chi connectivity index (χ4n) is 4.11. The van der Waals surface area contributed by atoms with E-state index in [2.05, 4.69) is 24.1 Å². The Labute approximate surface area is 172 Å². The first kappa shape index (κ1) is 21.2. The zero-order valence-corrected chi connectivity index (χ0v) is 17.7. The summed E-state index contributed by atoms with van der Waals surface area (Å²) in [6, 6.07) is 3.72. The number of Topliss-reactive ketones (excluding diaryl/α,β-unsaturated/α-hetero) is 1. The summed E-state index contributed by atoms with van der Waals surface area (Å²) in [4.78, 5) is 30.2. The van der Waals surface area contributed by atoms with Crippen molar-refractivity contribution in [1.29, 1.82) is 0 Å². The van der Waals surface area contributed by atoms with Gasteiger partial charge in [-0.1, -0.05) is 20.8 Å². The third-order valence-electron chi connectivity index (χ3n) is 5.31. The molecule has 0 fully saturated rings. The molecule has 0 spiro atoms. The van der Waals surface area contributed by atoms with Gasteiger partial charge in [0.05, 0.1) is 12.2 Å². The molecule has 1 atom stereocenters. The van der Waals surface area contributed by atoms with E-state index < -0.39 is 11.9 Å². The lowest BCUT2D eigenvalue weighted by Gasteiger charge is -2.39. The van der Waals surface area contributed by atoms with Crippen LogP contribution in [0.25, 0.3) is 0 Å². The molecule has 156 valence electrons. The van der Waals surface area contributed by atoms with Crippen LogP contribution in [0.4, 0.5) is 0 Å². The average molecular weight is 399 g/mol. The van der Waals surface area contributed by atoms with Crippen molar-refractivity contribution < 1.29 is 19.1 Å². The molecule has 6 heteroatoms. The summed E-state index contributed by atoms with van der Waals surface area (Å²) in [6.45, 7) is 9.27. The summed E-state index contributed by atoms with van der Waals surface area (Å²) < 4.78 is 10.9. The Morgan fingerprint density at radius 3 is 2.62 bits per heavy atom. The second-order valence-corrected chi connectivity index (χ2v) is 8.46. The smallest absolute Gasteiger partial charge is 0.336 e. The SMILES string of the molecule is CCCOCCOC(=O)C1=C(C)NC2=C(C(=O)CC(C)(C)C2)C1c1ccncc1. The van der Waals surface area contributed by atoms with E-state index >= 15 is 0 Å². The van der Waals surface area contributed by atoms with E-state index in [1.54, 1.807) is 12.4 Å². The molecule has 1 N–H and O–H groups in total. The monoisotopic (exact) mass is 398 g/mol. The van der Waals surface area contributed by atoms with Gasteiger partial charge < -0.3 is 14.8 Å². The van der Waals surface area contributed by atoms with E-state index in [4.69, 9.17) is 9.47 Å². The highest BCUT2D eigenvalue weighted by molar-refractivity contribution is 6.04. The molecule has 1 aromatic heterocycles. The van der Waals surface area contributed by atoms with Gasteiger partial charge in [-0.25, -0.2) is 4.79 Å².